The molecule has 2 amide bonds. The van der Waals surface area contributed by atoms with E-state index in [-0.39, 0.29) is 30.0 Å². The van der Waals surface area contributed by atoms with E-state index in [1.54, 1.807) is 0 Å². The first-order chi connectivity index (χ1) is 12.9. The molecule has 0 unspecified atom stereocenters. The number of quaternary nitrogens is 1. The summed E-state index contributed by atoms with van der Waals surface area (Å²) in [6.07, 6.45) is 1.38. The van der Waals surface area contributed by atoms with Crippen LogP contribution in [0, 0.1) is 12.8 Å². The quantitative estimate of drug-likeness (QED) is 0.551. The molecule has 0 saturated carbocycles. The van der Waals surface area contributed by atoms with Crippen LogP contribution >= 0.6 is 0 Å². The second-order valence-electron chi connectivity index (χ2n) is 7.07. The molecule has 27 heavy (non-hydrogen) atoms. The van der Waals surface area contributed by atoms with Crippen LogP contribution < -0.4 is 16.0 Å². The molecule has 1 aliphatic rings. The standard InChI is InChI=1S/C19H24N4O4/c1-11-3-4-13-14(9-11)21-17(19(26)27-2)16(13)22-15(24)10-23-7-5-12(6-8-23)18(20)25/h3-4,9,12,21H,5-8,10H2,1-2H3,(H2,20,25)(H,22,24)/p+1. The van der Waals surface area contributed by atoms with E-state index in [2.05, 4.69) is 10.3 Å². The van der Waals surface area contributed by atoms with E-state index in [4.69, 9.17) is 10.5 Å². The minimum absolute atomic E-state index is 0.0976. The van der Waals surface area contributed by atoms with Crippen molar-refractivity contribution in [3.63, 3.8) is 0 Å². The summed E-state index contributed by atoms with van der Waals surface area (Å²) in [7, 11) is 1.30. The third-order valence-corrected chi connectivity index (χ3v) is 5.11. The fourth-order valence-electron chi connectivity index (χ4n) is 3.59. The van der Waals surface area contributed by atoms with Crippen molar-refractivity contribution in [2.45, 2.75) is 19.8 Å². The summed E-state index contributed by atoms with van der Waals surface area (Å²) >= 11 is 0. The van der Waals surface area contributed by atoms with Crippen molar-refractivity contribution < 1.29 is 24.0 Å². The predicted octanol–water partition coefficient (Wildman–Crippen LogP) is -0.0184. The maximum Gasteiger partial charge on any atom is 0.356 e. The number of amides is 2. The fraction of sp³-hybridized carbons (Fsp3) is 0.421. The van der Waals surface area contributed by atoms with Gasteiger partial charge in [0.25, 0.3) is 5.91 Å². The van der Waals surface area contributed by atoms with Crippen LogP contribution in [0.5, 0.6) is 0 Å². The molecule has 2 heterocycles. The second-order valence-corrected chi connectivity index (χ2v) is 7.07. The van der Waals surface area contributed by atoms with Gasteiger partial charge in [0.15, 0.2) is 6.54 Å². The fourth-order valence-corrected chi connectivity index (χ4v) is 3.59. The lowest BCUT2D eigenvalue weighted by molar-refractivity contribution is -0.897. The first kappa shape index (κ1) is 18.9. The Hall–Kier alpha value is -2.87. The Labute approximate surface area is 157 Å². The number of primary amides is 1. The summed E-state index contributed by atoms with van der Waals surface area (Å²) in [5.74, 6) is -1.09. The van der Waals surface area contributed by atoms with E-state index >= 15 is 0 Å². The molecule has 3 rings (SSSR count). The number of nitrogens with two attached hydrogens (primary N) is 1. The molecule has 0 bridgehead atoms. The van der Waals surface area contributed by atoms with Crippen LogP contribution in [0.25, 0.3) is 10.9 Å². The number of anilines is 1. The number of H-pyrrole nitrogens is 1. The number of likely N-dealkylation sites (tertiary alicyclic amines) is 1. The van der Waals surface area contributed by atoms with Crippen LogP contribution in [-0.4, -0.2) is 49.5 Å². The van der Waals surface area contributed by atoms with Crippen LogP contribution in [-0.2, 0) is 14.3 Å². The summed E-state index contributed by atoms with van der Waals surface area (Å²) < 4.78 is 4.83. The number of rotatable bonds is 5. The number of hydrogen-bond acceptors (Lipinski definition) is 4. The van der Waals surface area contributed by atoms with Gasteiger partial charge >= 0.3 is 5.97 Å². The van der Waals surface area contributed by atoms with Crippen LogP contribution in [0.2, 0.25) is 0 Å². The Bertz CT molecular complexity index is 881. The first-order valence-electron chi connectivity index (χ1n) is 9.02. The van der Waals surface area contributed by atoms with Gasteiger partial charge in [-0.1, -0.05) is 12.1 Å². The van der Waals surface area contributed by atoms with Gasteiger partial charge < -0.3 is 25.7 Å². The molecule has 8 nitrogen and oxygen atoms in total. The minimum Gasteiger partial charge on any atom is -0.464 e. The van der Waals surface area contributed by atoms with Gasteiger partial charge in [-0.25, -0.2) is 4.79 Å². The van der Waals surface area contributed by atoms with Gasteiger partial charge in [0.2, 0.25) is 5.91 Å². The van der Waals surface area contributed by atoms with Crippen molar-refractivity contribution in [2.75, 3.05) is 32.1 Å². The summed E-state index contributed by atoms with van der Waals surface area (Å²) in [5, 5.41) is 3.63. The minimum atomic E-state index is -0.534. The van der Waals surface area contributed by atoms with Crippen molar-refractivity contribution in [3.8, 4) is 0 Å². The molecule has 0 radical (unpaired) electrons. The Morgan fingerprint density at radius 3 is 2.63 bits per heavy atom. The van der Waals surface area contributed by atoms with Gasteiger partial charge in [0.05, 0.1) is 25.9 Å². The van der Waals surface area contributed by atoms with E-state index in [1.807, 2.05) is 25.1 Å². The Kier molecular flexibility index (Phi) is 5.46. The number of carbonyl (C=O) groups excluding carboxylic acids is 3. The van der Waals surface area contributed by atoms with E-state index in [1.165, 1.54) is 7.11 Å². The maximum atomic E-state index is 12.6. The van der Waals surface area contributed by atoms with Crippen LogP contribution in [0.1, 0.15) is 28.9 Å². The number of aromatic amines is 1. The number of nitrogens with one attached hydrogen (secondary N) is 3. The van der Waals surface area contributed by atoms with E-state index < -0.39 is 5.97 Å². The van der Waals surface area contributed by atoms with Crippen LogP contribution in [0.15, 0.2) is 18.2 Å². The van der Waals surface area contributed by atoms with E-state index in [9.17, 15) is 14.4 Å². The molecule has 1 aliphatic heterocycles. The zero-order valence-electron chi connectivity index (χ0n) is 15.6. The zero-order valence-corrected chi connectivity index (χ0v) is 15.6. The number of ether oxygens (including phenoxy) is 1. The molecule has 5 N–H and O–H groups in total. The number of aryl methyl sites for hydroxylation is 1. The van der Waals surface area contributed by atoms with Gasteiger partial charge in [-0.05, 0) is 18.6 Å². The number of carbonyl (C=O) groups is 3. The molecule has 144 valence electrons. The molecule has 0 spiro atoms. The van der Waals surface area contributed by atoms with E-state index in [0.717, 1.165) is 34.5 Å². The van der Waals surface area contributed by atoms with Crippen molar-refractivity contribution in [2.24, 2.45) is 11.7 Å². The molecule has 1 saturated heterocycles. The van der Waals surface area contributed by atoms with Gasteiger partial charge in [0.1, 0.15) is 5.69 Å². The highest BCUT2D eigenvalue weighted by atomic mass is 16.5. The van der Waals surface area contributed by atoms with Gasteiger partial charge in [-0.3, -0.25) is 9.59 Å². The highest BCUT2D eigenvalue weighted by molar-refractivity contribution is 6.11. The average molecular weight is 373 g/mol. The van der Waals surface area contributed by atoms with Crippen LogP contribution in [0.4, 0.5) is 5.69 Å². The number of methoxy groups -OCH3 is 1. The number of fused-ring (bicyclic) bond motifs is 1. The molecule has 0 aliphatic carbocycles. The molecule has 1 aromatic heterocycles. The summed E-state index contributed by atoms with van der Waals surface area (Å²) in [5.41, 5.74) is 7.83. The van der Waals surface area contributed by atoms with Crippen molar-refractivity contribution in [1.29, 1.82) is 0 Å². The van der Waals surface area contributed by atoms with Gasteiger partial charge in [-0.2, -0.15) is 0 Å². The summed E-state index contributed by atoms with van der Waals surface area (Å²) in [6.45, 7) is 3.66. The molecule has 1 fully saturated rings. The highest BCUT2D eigenvalue weighted by Crippen LogP contribution is 2.29. The second kappa shape index (κ2) is 7.79. The largest absolute Gasteiger partial charge is 0.464 e. The Morgan fingerprint density at radius 1 is 1.30 bits per heavy atom. The lowest BCUT2D eigenvalue weighted by Crippen LogP contribution is -3.14. The van der Waals surface area contributed by atoms with E-state index in [0.29, 0.717) is 18.5 Å². The number of benzene rings is 1. The SMILES string of the molecule is COC(=O)c1[nH]c2cc(C)ccc2c1NC(=O)C[NH+]1CCC(C(N)=O)CC1. The predicted molar refractivity (Wildman–Crippen MR) is 100 cm³/mol. The van der Waals surface area contributed by atoms with Gasteiger partial charge in [0, 0.05) is 29.7 Å². The molecular weight excluding hydrogens is 348 g/mol. The van der Waals surface area contributed by atoms with Crippen molar-refractivity contribution in [3.05, 3.63) is 29.5 Å². The van der Waals surface area contributed by atoms with Gasteiger partial charge in [-0.15, -0.1) is 0 Å². The molecule has 0 atom stereocenters. The number of aromatic nitrogens is 1. The lowest BCUT2D eigenvalue weighted by atomic mass is 9.96. The van der Waals surface area contributed by atoms with Crippen molar-refractivity contribution >= 4 is 34.4 Å². The monoisotopic (exact) mass is 373 g/mol. The average Bonchev–Trinajstić information content (AvgIpc) is 2.98. The number of esters is 1. The van der Waals surface area contributed by atoms with Crippen LogP contribution in [0.3, 0.4) is 0 Å². The number of hydrogen-bond donors (Lipinski definition) is 4. The Morgan fingerprint density at radius 2 is 2.00 bits per heavy atom. The third kappa shape index (κ3) is 4.11. The molecule has 2 aromatic rings. The molecule has 1 aromatic carbocycles. The molecule has 8 heteroatoms. The highest BCUT2D eigenvalue weighted by Gasteiger charge is 2.28. The lowest BCUT2D eigenvalue weighted by Gasteiger charge is -2.27. The van der Waals surface area contributed by atoms with Crippen molar-refractivity contribution in [1.82, 2.24) is 4.98 Å². The third-order valence-electron chi connectivity index (χ3n) is 5.11. The summed E-state index contributed by atoms with van der Waals surface area (Å²) in [6, 6.07) is 5.71. The zero-order chi connectivity index (χ0) is 19.6. The summed E-state index contributed by atoms with van der Waals surface area (Å²) in [4.78, 5) is 40.1. The normalized spacial score (nSPS) is 19.6. The topological polar surface area (TPSA) is 119 Å². The molecular formula is C19H25N4O4+. The first-order valence-corrected chi connectivity index (χ1v) is 9.02. The maximum absolute atomic E-state index is 12.6. The number of piperidine rings is 1. The smallest absolute Gasteiger partial charge is 0.356 e. The Balaban J connectivity index is 1.74.